The number of nitrogens with zero attached hydrogens (tertiary/aromatic N) is 5. The number of hydrogen-bond acceptors (Lipinski definition) is 8. The molecule has 3 aliphatic heterocycles. The van der Waals surface area contributed by atoms with E-state index in [-0.39, 0.29) is 24.2 Å². The Balaban J connectivity index is 1.13. The lowest BCUT2D eigenvalue weighted by Gasteiger charge is -2.45. The third-order valence-electron chi connectivity index (χ3n) is 6.53. The van der Waals surface area contributed by atoms with Crippen LogP contribution in [0.4, 0.5) is 4.79 Å². The van der Waals surface area contributed by atoms with Gasteiger partial charge >= 0.3 is 6.09 Å². The second-order valence-corrected chi connectivity index (χ2v) is 8.99. The zero-order valence-corrected chi connectivity index (χ0v) is 19.7. The molecule has 3 fully saturated rings. The van der Waals surface area contributed by atoms with Crippen LogP contribution in [-0.2, 0) is 14.3 Å². The van der Waals surface area contributed by atoms with Gasteiger partial charge in [0.05, 0.1) is 36.9 Å². The average Bonchev–Trinajstić information content (AvgIpc) is 2.84. The summed E-state index contributed by atoms with van der Waals surface area (Å²) in [4.78, 5) is 32.2. The van der Waals surface area contributed by atoms with Crippen molar-refractivity contribution in [3.8, 4) is 11.8 Å². The highest BCUT2D eigenvalue weighted by Crippen LogP contribution is 2.20. The predicted octanol–water partition coefficient (Wildman–Crippen LogP) is 0.623. The van der Waals surface area contributed by atoms with Crippen LogP contribution in [0.2, 0.25) is 0 Å². The van der Waals surface area contributed by atoms with Gasteiger partial charge in [-0.05, 0) is 24.3 Å². The van der Waals surface area contributed by atoms with Crippen molar-refractivity contribution in [2.24, 2.45) is 0 Å². The molecule has 3 saturated heterocycles. The molecule has 10 nitrogen and oxygen atoms in total. The molecular weight excluding hydrogens is 438 g/mol. The average molecular weight is 472 g/mol. The highest BCUT2D eigenvalue weighted by Gasteiger charge is 2.37. The largest absolute Gasteiger partial charge is 0.492 e. The van der Waals surface area contributed by atoms with Gasteiger partial charge < -0.3 is 24.0 Å². The molecule has 0 N–H and O–H groups in total. The molecule has 3 aliphatic rings. The predicted molar refractivity (Wildman–Crippen MR) is 123 cm³/mol. The summed E-state index contributed by atoms with van der Waals surface area (Å²) >= 11 is 0. The van der Waals surface area contributed by atoms with Crippen LogP contribution in [0.3, 0.4) is 0 Å². The second kappa shape index (κ2) is 11.5. The molecule has 0 aromatic heterocycles. The van der Waals surface area contributed by atoms with E-state index in [2.05, 4.69) is 15.9 Å². The van der Waals surface area contributed by atoms with Crippen molar-refractivity contribution >= 4 is 12.0 Å². The molecule has 34 heavy (non-hydrogen) atoms. The van der Waals surface area contributed by atoms with Crippen molar-refractivity contribution in [1.82, 2.24) is 19.6 Å². The number of carbonyl (C=O) groups excluding carboxylic acids is 2. The topological polar surface area (TPSA) is 98.6 Å². The minimum absolute atomic E-state index is 0.0328. The molecule has 2 unspecified atom stereocenters. The van der Waals surface area contributed by atoms with Crippen molar-refractivity contribution in [2.45, 2.75) is 19.1 Å². The van der Waals surface area contributed by atoms with Crippen LogP contribution in [-0.4, -0.2) is 122 Å². The number of benzene rings is 1. The number of morpholine rings is 2. The summed E-state index contributed by atoms with van der Waals surface area (Å²) in [5, 5.41) is 8.87. The standard InChI is InChI=1S/C24H33N5O5/c1-19(30)28-8-6-26(7-9-28)10-13-33-24(31)29-17-22-15-27(16-23(18-29)34-22)11-12-32-21-4-2-20(14-25)3-5-21/h2-5,22-23H,6-13,15-18H2,1H3. The maximum atomic E-state index is 12.6. The molecule has 4 rings (SSSR count). The molecular formula is C24H33N5O5. The highest BCUT2D eigenvalue weighted by atomic mass is 16.6. The van der Waals surface area contributed by atoms with E-state index >= 15 is 0 Å². The SMILES string of the molecule is CC(=O)N1CCN(CCOC(=O)N2CC3CN(CCOc4ccc(C#N)cc4)CC(C2)O3)CC1. The molecule has 1 aromatic carbocycles. The van der Waals surface area contributed by atoms with Gasteiger partial charge in [0.2, 0.25) is 5.91 Å². The summed E-state index contributed by atoms with van der Waals surface area (Å²) in [5.41, 5.74) is 0.615. The first-order valence-electron chi connectivity index (χ1n) is 11.9. The van der Waals surface area contributed by atoms with Gasteiger partial charge in [0.25, 0.3) is 0 Å². The number of hydrogen-bond donors (Lipinski definition) is 0. The maximum Gasteiger partial charge on any atom is 0.409 e. The lowest BCUT2D eigenvalue weighted by atomic mass is 10.1. The highest BCUT2D eigenvalue weighted by molar-refractivity contribution is 5.73. The third-order valence-corrected chi connectivity index (χ3v) is 6.53. The lowest BCUT2D eigenvalue weighted by Crippen LogP contribution is -2.61. The quantitative estimate of drug-likeness (QED) is 0.571. The monoisotopic (exact) mass is 471 g/mol. The first kappa shape index (κ1) is 24.3. The zero-order valence-electron chi connectivity index (χ0n) is 19.7. The molecule has 0 radical (unpaired) electrons. The van der Waals surface area contributed by atoms with Gasteiger partial charge in [-0.25, -0.2) is 4.79 Å². The van der Waals surface area contributed by atoms with Gasteiger partial charge in [0.15, 0.2) is 0 Å². The molecule has 184 valence electrons. The Morgan fingerprint density at radius 3 is 2.21 bits per heavy atom. The van der Waals surface area contributed by atoms with E-state index in [1.165, 1.54) is 0 Å². The molecule has 0 aliphatic carbocycles. The van der Waals surface area contributed by atoms with E-state index in [1.54, 1.807) is 24.0 Å². The second-order valence-electron chi connectivity index (χ2n) is 8.99. The summed E-state index contributed by atoms with van der Waals surface area (Å²) in [6, 6.07) is 9.21. The Labute approximate surface area is 200 Å². The van der Waals surface area contributed by atoms with Gasteiger partial charge in [-0.3, -0.25) is 14.6 Å². The van der Waals surface area contributed by atoms with Crippen molar-refractivity contribution in [2.75, 3.05) is 78.7 Å². The minimum Gasteiger partial charge on any atom is -0.492 e. The van der Waals surface area contributed by atoms with Crippen LogP contribution in [0.5, 0.6) is 5.75 Å². The van der Waals surface area contributed by atoms with Gasteiger partial charge in [0, 0.05) is 59.3 Å². The smallest absolute Gasteiger partial charge is 0.409 e. The van der Waals surface area contributed by atoms with E-state index in [4.69, 9.17) is 19.5 Å². The van der Waals surface area contributed by atoms with Crippen molar-refractivity contribution < 1.29 is 23.8 Å². The van der Waals surface area contributed by atoms with Gasteiger partial charge in [-0.1, -0.05) is 0 Å². The van der Waals surface area contributed by atoms with E-state index in [0.29, 0.717) is 38.4 Å². The number of nitriles is 1. The summed E-state index contributed by atoms with van der Waals surface area (Å²) in [7, 11) is 0. The number of piperazine rings is 1. The number of amides is 2. The molecule has 2 amide bonds. The van der Waals surface area contributed by atoms with E-state index in [0.717, 1.165) is 51.6 Å². The van der Waals surface area contributed by atoms with Crippen molar-refractivity contribution in [3.05, 3.63) is 29.8 Å². The number of rotatable bonds is 7. The van der Waals surface area contributed by atoms with Gasteiger partial charge in [-0.15, -0.1) is 0 Å². The van der Waals surface area contributed by atoms with Crippen molar-refractivity contribution in [3.63, 3.8) is 0 Å². The maximum absolute atomic E-state index is 12.6. The van der Waals surface area contributed by atoms with Crippen LogP contribution in [0.1, 0.15) is 12.5 Å². The molecule has 2 bridgehead atoms. The van der Waals surface area contributed by atoms with E-state index in [9.17, 15) is 9.59 Å². The Morgan fingerprint density at radius 1 is 0.941 bits per heavy atom. The van der Waals surface area contributed by atoms with E-state index < -0.39 is 0 Å². The van der Waals surface area contributed by atoms with Crippen LogP contribution < -0.4 is 4.74 Å². The number of ether oxygens (including phenoxy) is 3. The molecule has 3 heterocycles. The Morgan fingerprint density at radius 2 is 1.59 bits per heavy atom. The normalized spacial score (nSPS) is 23.3. The summed E-state index contributed by atoms with van der Waals surface area (Å²) in [6.07, 6.45) is -0.345. The molecule has 10 heteroatoms. The van der Waals surface area contributed by atoms with Crippen LogP contribution >= 0.6 is 0 Å². The molecule has 2 atom stereocenters. The van der Waals surface area contributed by atoms with Crippen LogP contribution in [0, 0.1) is 11.3 Å². The van der Waals surface area contributed by atoms with E-state index in [1.807, 2.05) is 17.0 Å². The lowest BCUT2D eigenvalue weighted by molar-refractivity contribution is -0.134. The third kappa shape index (κ3) is 6.59. The van der Waals surface area contributed by atoms with Gasteiger partial charge in [-0.2, -0.15) is 5.26 Å². The molecule has 0 spiro atoms. The summed E-state index contributed by atoms with van der Waals surface area (Å²) in [5.74, 6) is 0.864. The summed E-state index contributed by atoms with van der Waals surface area (Å²) < 4.78 is 17.4. The molecule has 0 saturated carbocycles. The van der Waals surface area contributed by atoms with Gasteiger partial charge in [0.1, 0.15) is 19.0 Å². The summed E-state index contributed by atoms with van der Waals surface area (Å²) in [6.45, 7) is 9.58. The van der Waals surface area contributed by atoms with Crippen molar-refractivity contribution in [1.29, 1.82) is 5.26 Å². The fraction of sp³-hybridized carbons (Fsp3) is 0.625. The Kier molecular flexibility index (Phi) is 8.21. The Hall–Kier alpha value is -2.87. The Bertz CT molecular complexity index is 867. The first-order valence-corrected chi connectivity index (χ1v) is 11.9. The van der Waals surface area contributed by atoms with Crippen LogP contribution in [0.15, 0.2) is 24.3 Å². The van der Waals surface area contributed by atoms with Crippen LogP contribution in [0.25, 0.3) is 0 Å². The number of fused-ring (bicyclic) bond motifs is 2. The fourth-order valence-electron chi connectivity index (χ4n) is 4.67. The zero-order chi connectivity index (χ0) is 23.9. The molecule has 1 aromatic rings. The fourth-order valence-corrected chi connectivity index (χ4v) is 4.67. The number of carbonyl (C=O) groups is 2. The first-order chi connectivity index (χ1) is 16.5. The minimum atomic E-state index is -0.279.